The van der Waals surface area contributed by atoms with Crippen LogP contribution in [0.3, 0.4) is 0 Å². The molecular weight excluding hydrogens is 489 g/mol. The van der Waals surface area contributed by atoms with Crippen molar-refractivity contribution in [1.29, 1.82) is 0 Å². The highest BCUT2D eigenvalue weighted by Crippen LogP contribution is 2.75. The third-order valence-corrected chi connectivity index (χ3v) is 9.03. The predicted octanol–water partition coefficient (Wildman–Crippen LogP) is 6.58. The molecule has 0 aromatic heterocycles. The number of carbonyl (C=O) groups is 3. The minimum absolute atomic E-state index is 0.0543. The lowest BCUT2D eigenvalue weighted by molar-refractivity contribution is -0.134. The highest BCUT2D eigenvalue weighted by Gasteiger charge is 2.80. The average Bonchev–Trinajstić information content (AvgIpc) is 3.42. The molecule has 1 aliphatic heterocycles. The molecule has 6 rings (SSSR count). The zero-order valence-electron chi connectivity index (χ0n) is 20.5. The van der Waals surface area contributed by atoms with Crippen molar-refractivity contribution < 1.29 is 18.8 Å². The molecule has 37 heavy (non-hydrogen) atoms. The number of rotatable bonds is 5. The number of allylic oxidation sites excluding steroid dienone is 2. The minimum atomic E-state index is -1.17. The van der Waals surface area contributed by atoms with Crippen molar-refractivity contribution in [2.75, 3.05) is 4.90 Å². The summed E-state index contributed by atoms with van der Waals surface area (Å²) in [6.45, 7) is 3.83. The molecule has 0 spiro atoms. The summed E-state index contributed by atoms with van der Waals surface area (Å²) >= 11 is 5.88. The van der Waals surface area contributed by atoms with Crippen molar-refractivity contribution >= 4 is 46.0 Å². The van der Waals surface area contributed by atoms with Gasteiger partial charge in [-0.1, -0.05) is 86.1 Å². The third kappa shape index (κ3) is 2.81. The number of fused-ring (bicyclic) bond motifs is 5. The topological polar surface area (TPSA) is 54.5 Å². The van der Waals surface area contributed by atoms with Gasteiger partial charge >= 0.3 is 0 Å². The number of carbonyl (C=O) groups excluding carboxylic acids is 3. The third-order valence-electron chi connectivity index (χ3n) is 8.72. The highest BCUT2D eigenvalue weighted by molar-refractivity contribution is 6.35. The Morgan fingerprint density at radius 3 is 1.62 bits per heavy atom. The zero-order chi connectivity index (χ0) is 26.1. The molecule has 3 aliphatic rings. The number of nitrogens with zero attached hydrogens (tertiary/aromatic N) is 1. The van der Waals surface area contributed by atoms with E-state index in [4.69, 9.17) is 11.6 Å². The second-order valence-electron chi connectivity index (χ2n) is 10.0. The molecule has 3 aromatic rings. The summed E-state index contributed by atoms with van der Waals surface area (Å²) in [5, 5.41) is -0.0901. The molecule has 2 fully saturated rings. The van der Waals surface area contributed by atoms with E-state index in [1.807, 2.05) is 74.5 Å². The van der Waals surface area contributed by atoms with Crippen molar-refractivity contribution in [3.8, 4) is 0 Å². The van der Waals surface area contributed by atoms with E-state index in [1.54, 1.807) is 0 Å². The first-order chi connectivity index (χ1) is 17.8. The van der Waals surface area contributed by atoms with Crippen LogP contribution in [0.4, 0.5) is 10.1 Å². The minimum Gasteiger partial charge on any atom is -0.298 e. The van der Waals surface area contributed by atoms with Crippen LogP contribution in [-0.4, -0.2) is 17.6 Å². The largest absolute Gasteiger partial charge is 0.298 e. The summed E-state index contributed by atoms with van der Waals surface area (Å²) in [5.41, 5.74) is 1.22. The SMILES string of the molecule is CC[C@]12C(=O)[C@](CC)(C(c3ccccc3)=C1c1ccccc1)[C@H]1C(=O)N(c3ccc(Cl)c(F)c3)C(=O)[C@H]12. The summed E-state index contributed by atoms with van der Waals surface area (Å²) in [4.78, 5) is 44.0. The maximum atomic E-state index is 14.6. The second-order valence-corrected chi connectivity index (χ2v) is 10.4. The lowest BCUT2D eigenvalue weighted by atomic mass is 9.60. The molecule has 2 aliphatic carbocycles. The summed E-state index contributed by atoms with van der Waals surface area (Å²) in [5.74, 6) is -3.40. The van der Waals surface area contributed by atoms with Crippen LogP contribution in [0.15, 0.2) is 78.9 Å². The van der Waals surface area contributed by atoms with Gasteiger partial charge in [0.15, 0.2) is 5.78 Å². The van der Waals surface area contributed by atoms with Crippen LogP contribution in [0, 0.1) is 28.5 Å². The number of hydrogen-bond acceptors (Lipinski definition) is 3. The molecule has 186 valence electrons. The molecular formula is C31H25ClFNO3. The van der Waals surface area contributed by atoms with E-state index < -0.39 is 40.3 Å². The van der Waals surface area contributed by atoms with Crippen molar-refractivity contribution in [2.45, 2.75) is 26.7 Å². The van der Waals surface area contributed by atoms with Gasteiger partial charge in [0.05, 0.1) is 33.4 Å². The van der Waals surface area contributed by atoms with Crippen molar-refractivity contribution in [3.05, 3.63) is 101 Å². The summed E-state index contributed by atoms with van der Waals surface area (Å²) in [6, 6.07) is 23.3. The number of benzene rings is 3. The first-order valence-electron chi connectivity index (χ1n) is 12.6. The Hall–Kier alpha value is -3.57. The van der Waals surface area contributed by atoms with Crippen LogP contribution < -0.4 is 4.90 Å². The van der Waals surface area contributed by atoms with Gasteiger partial charge < -0.3 is 0 Å². The van der Waals surface area contributed by atoms with E-state index >= 15 is 0 Å². The second kappa shape index (κ2) is 8.22. The Bertz CT molecular complexity index is 1420. The average molecular weight is 514 g/mol. The standard InChI is InChI=1S/C31H25ClFNO3/c1-3-30-23(18-11-7-5-8-12-18)24(19-13-9-6-10-14-19)31(4-2,29(30)37)26-25(30)27(35)34(28(26)36)20-15-16-21(32)22(33)17-20/h5-17,25-26H,3-4H2,1-2H3/t25-,26+,30-,31+. The Labute approximate surface area is 219 Å². The van der Waals surface area contributed by atoms with Gasteiger partial charge in [0, 0.05) is 0 Å². The molecule has 6 heteroatoms. The molecule has 1 saturated heterocycles. The Balaban J connectivity index is 1.66. The summed E-state index contributed by atoms with van der Waals surface area (Å²) < 4.78 is 14.4. The van der Waals surface area contributed by atoms with Gasteiger partial charge in [-0.2, -0.15) is 0 Å². The maximum absolute atomic E-state index is 14.6. The fourth-order valence-corrected chi connectivity index (χ4v) is 7.45. The lowest BCUT2D eigenvalue weighted by Gasteiger charge is -2.38. The molecule has 1 heterocycles. The van der Waals surface area contributed by atoms with E-state index in [9.17, 15) is 18.8 Å². The van der Waals surface area contributed by atoms with E-state index in [1.165, 1.54) is 12.1 Å². The van der Waals surface area contributed by atoms with Crippen LogP contribution in [0.1, 0.15) is 37.8 Å². The van der Waals surface area contributed by atoms with Crippen molar-refractivity contribution in [1.82, 2.24) is 0 Å². The Morgan fingerprint density at radius 2 is 1.22 bits per heavy atom. The van der Waals surface area contributed by atoms with Gasteiger partial charge in [-0.25, -0.2) is 9.29 Å². The van der Waals surface area contributed by atoms with E-state index in [0.717, 1.165) is 33.2 Å². The Morgan fingerprint density at radius 1 is 0.757 bits per heavy atom. The van der Waals surface area contributed by atoms with E-state index in [2.05, 4.69) is 0 Å². The van der Waals surface area contributed by atoms with Gasteiger partial charge in [0.2, 0.25) is 11.8 Å². The Kier molecular flexibility index (Phi) is 5.29. The van der Waals surface area contributed by atoms with E-state index in [0.29, 0.717) is 12.8 Å². The van der Waals surface area contributed by atoms with Crippen LogP contribution >= 0.6 is 11.6 Å². The predicted molar refractivity (Wildman–Crippen MR) is 141 cm³/mol. The molecule has 0 radical (unpaired) electrons. The highest BCUT2D eigenvalue weighted by atomic mass is 35.5. The molecule has 1 saturated carbocycles. The van der Waals surface area contributed by atoms with Gasteiger partial charge in [-0.3, -0.25) is 14.4 Å². The van der Waals surface area contributed by atoms with Gasteiger partial charge in [-0.05, 0) is 53.3 Å². The molecule has 3 aromatic carbocycles. The fraction of sp³-hybridized carbons (Fsp3) is 0.258. The van der Waals surface area contributed by atoms with Crippen LogP contribution in [0.2, 0.25) is 5.02 Å². The van der Waals surface area contributed by atoms with Gasteiger partial charge in [-0.15, -0.1) is 0 Å². The number of hydrogen-bond donors (Lipinski definition) is 0. The number of Topliss-reactive ketones (excluding diaryl/α,β-unsaturated/α-hetero) is 1. The van der Waals surface area contributed by atoms with E-state index in [-0.39, 0.29) is 16.5 Å². The van der Waals surface area contributed by atoms with Crippen molar-refractivity contribution in [2.24, 2.45) is 22.7 Å². The number of anilines is 1. The molecule has 0 unspecified atom stereocenters. The first kappa shape index (κ1) is 23.8. The molecule has 4 atom stereocenters. The number of ketones is 1. The van der Waals surface area contributed by atoms with Crippen LogP contribution in [0.5, 0.6) is 0 Å². The number of amides is 2. The molecule has 4 nitrogen and oxygen atoms in total. The maximum Gasteiger partial charge on any atom is 0.239 e. The van der Waals surface area contributed by atoms with Crippen LogP contribution in [0.25, 0.3) is 11.1 Å². The fourth-order valence-electron chi connectivity index (χ4n) is 7.33. The number of halogens is 2. The molecule has 2 amide bonds. The first-order valence-corrected chi connectivity index (χ1v) is 13.0. The molecule has 0 N–H and O–H groups in total. The monoisotopic (exact) mass is 513 g/mol. The van der Waals surface area contributed by atoms with Gasteiger partial charge in [0.25, 0.3) is 0 Å². The summed E-state index contributed by atoms with van der Waals surface area (Å²) in [7, 11) is 0. The van der Waals surface area contributed by atoms with Gasteiger partial charge in [0.1, 0.15) is 5.82 Å². The number of imide groups is 1. The van der Waals surface area contributed by atoms with Crippen molar-refractivity contribution in [3.63, 3.8) is 0 Å². The molecule has 2 bridgehead atoms. The lowest BCUT2D eigenvalue weighted by Crippen LogP contribution is -2.41. The normalized spacial score (nSPS) is 28.4. The quantitative estimate of drug-likeness (QED) is 0.362. The smallest absolute Gasteiger partial charge is 0.239 e. The summed E-state index contributed by atoms with van der Waals surface area (Å²) in [6.07, 6.45) is 0.744. The zero-order valence-corrected chi connectivity index (χ0v) is 21.3. The van der Waals surface area contributed by atoms with Crippen LogP contribution in [-0.2, 0) is 14.4 Å².